The average molecular weight is 738 g/mol. The summed E-state index contributed by atoms with van der Waals surface area (Å²) in [6.07, 6.45) is -7.85. The summed E-state index contributed by atoms with van der Waals surface area (Å²) >= 11 is 0. The van der Waals surface area contributed by atoms with E-state index in [9.17, 15) is 38.1 Å². The smallest absolute Gasteiger partial charge is 0.455 e. The maximum absolute atomic E-state index is 13.2. The van der Waals surface area contributed by atoms with Crippen LogP contribution in [0.25, 0.3) is 11.2 Å². The van der Waals surface area contributed by atoms with E-state index >= 15 is 0 Å². The van der Waals surface area contributed by atoms with Crippen LogP contribution in [0, 0.1) is 0 Å². The number of imidazole rings is 1. The van der Waals surface area contributed by atoms with Crippen LogP contribution in [0.2, 0.25) is 0 Å². The molecule has 7 rings (SSSR count). The number of benzene rings is 2. The van der Waals surface area contributed by atoms with Crippen LogP contribution in [0.4, 0.5) is 24.9 Å². The van der Waals surface area contributed by atoms with Crippen molar-refractivity contribution in [2.75, 3.05) is 49.5 Å². The van der Waals surface area contributed by atoms with Crippen molar-refractivity contribution in [3.8, 4) is 5.75 Å². The van der Waals surface area contributed by atoms with E-state index in [1.165, 1.54) is 15.8 Å². The van der Waals surface area contributed by atoms with Crippen molar-refractivity contribution in [1.82, 2.24) is 24.4 Å². The number of carbonyl (C=O) groups excluding carboxylic acids is 2. The molecule has 0 spiro atoms. The van der Waals surface area contributed by atoms with Gasteiger partial charge in [0, 0.05) is 44.7 Å². The van der Waals surface area contributed by atoms with Gasteiger partial charge in [-0.3, -0.25) is 9.36 Å². The standard InChI is InChI=1S/C35H34F3N7O8/c36-35(37,38)33(50)53-23-11-16-51-28(23)31(49)43-12-14-44(15-13-43)34-41-29(39-17-22(20-7-3-1-4-8-20)21-9-5-2-6-10-21)25-30(42-34)45(19-40-25)32-27(48)26(47)24(18-46)52-32/h1-11,16,19,22,24,26-27,32,46-48H,12-15,17-18H2,(H,39,41,42)/t24-,26-,27-,32-/m1/s1. The summed E-state index contributed by atoms with van der Waals surface area (Å²) in [6.45, 7) is 0.402. The van der Waals surface area contributed by atoms with Crippen LogP contribution in [-0.2, 0) is 9.53 Å². The zero-order valence-corrected chi connectivity index (χ0v) is 27.8. The molecule has 2 aliphatic rings. The lowest BCUT2D eigenvalue weighted by molar-refractivity contribution is -0.189. The van der Waals surface area contributed by atoms with Gasteiger partial charge in [0.2, 0.25) is 11.7 Å². The molecule has 4 N–H and O–H groups in total. The predicted molar refractivity (Wildman–Crippen MR) is 180 cm³/mol. The monoisotopic (exact) mass is 737 g/mol. The number of rotatable bonds is 10. The van der Waals surface area contributed by atoms with Gasteiger partial charge < -0.3 is 44.3 Å². The molecular weight excluding hydrogens is 703 g/mol. The summed E-state index contributed by atoms with van der Waals surface area (Å²) in [7, 11) is 0. The fraction of sp³-hybridized carbons (Fsp3) is 0.343. The fourth-order valence-corrected chi connectivity index (χ4v) is 6.41. The molecule has 15 nitrogen and oxygen atoms in total. The fourth-order valence-electron chi connectivity index (χ4n) is 6.41. The van der Waals surface area contributed by atoms with Crippen molar-refractivity contribution in [2.24, 2.45) is 0 Å². The van der Waals surface area contributed by atoms with Crippen molar-refractivity contribution in [1.29, 1.82) is 0 Å². The summed E-state index contributed by atoms with van der Waals surface area (Å²) < 4.78 is 55.1. The van der Waals surface area contributed by atoms with Crippen molar-refractivity contribution < 1.29 is 52.0 Å². The number of alkyl halides is 3. The van der Waals surface area contributed by atoms with Gasteiger partial charge in [-0.1, -0.05) is 60.7 Å². The Labute approximate surface area is 299 Å². The van der Waals surface area contributed by atoms with Crippen LogP contribution in [0.15, 0.2) is 83.7 Å². The lowest BCUT2D eigenvalue weighted by atomic mass is 9.91. The highest BCUT2D eigenvalue weighted by atomic mass is 19.4. The normalized spacial score (nSPS) is 20.7. The molecular formula is C35H34F3N7O8. The van der Waals surface area contributed by atoms with Crippen molar-refractivity contribution >= 4 is 34.8 Å². The molecule has 0 bridgehead atoms. The highest BCUT2D eigenvalue weighted by molar-refractivity contribution is 5.95. The largest absolute Gasteiger partial charge is 0.491 e. The van der Waals surface area contributed by atoms with Crippen LogP contribution >= 0.6 is 0 Å². The number of ether oxygens (including phenoxy) is 2. The Morgan fingerprint density at radius 3 is 2.21 bits per heavy atom. The number of carbonyl (C=O) groups is 2. The number of nitrogens with zero attached hydrogens (tertiary/aromatic N) is 6. The van der Waals surface area contributed by atoms with Crippen molar-refractivity contribution in [2.45, 2.75) is 36.6 Å². The van der Waals surface area contributed by atoms with Gasteiger partial charge in [-0.15, -0.1) is 0 Å². The molecule has 0 aliphatic carbocycles. The maximum Gasteiger partial charge on any atom is 0.491 e. The molecule has 1 amide bonds. The van der Waals surface area contributed by atoms with Gasteiger partial charge in [-0.25, -0.2) is 9.78 Å². The minimum Gasteiger partial charge on any atom is -0.455 e. The topological polar surface area (TPSA) is 189 Å². The Balaban J connectivity index is 1.17. The molecule has 2 aromatic carbocycles. The molecule has 2 aliphatic heterocycles. The van der Waals surface area contributed by atoms with Crippen LogP contribution in [-0.4, -0.2) is 115 Å². The van der Waals surface area contributed by atoms with Gasteiger partial charge in [0.25, 0.3) is 5.91 Å². The molecule has 4 atom stereocenters. The van der Waals surface area contributed by atoms with E-state index in [-0.39, 0.29) is 43.7 Å². The zero-order chi connectivity index (χ0) is 37.3. The van der Waals surface area contributed by atoms with Crippen LogP contribution < -0.4 is 15.0 Å². The van der Waals surface area contributed by atoms with Gasteiger partial charge in [0.1, 0.15) is 18.3 Å². The first-order valence-electron chi connectivity index (χ1n) is 16.6. The molecule has 18 heteroatoms. The molecule has 53 heavy (non-hydrogen) atoms. The summed E-state index contributed by atoms with van der Waals surface area (Å²) in [6, 6.07) is 20.8. The number of furan rings is 1. The molecule has 0 radical (unpaired) electrons. The number of amides is 1. The first-order valence-corrected chi connectivity index (χ1v) is 16.6. The van der Waals surface area contributed by atoms with Gasteiger partial charge in [-0.05, 0) is 11.1 Å². The number of hydrogen-bond acceptors (Lipinski definition) is 13. The molecule has 3 aromatic heterocycles. The van der Waals surface area contributed by atoms with E-state index in [1.807, 2.05) is 60.7 Å². The molecule has 5 heterocycles. The minimum absolute atomic E-state index is 0.0779. The summed E-state index contributed by atoms with van der Waals surface area (Å²) in [4.78, 5) is 41.9. The minimum atomic E-state index is -5.26. The Hall–Kier alpha value is -5.56. The van der Waals surface area contributed by atoms with Gasteiger partial charge in [0.15, 0.2) is 29.0 Å². The number of piperazine rings is 1. The number of aliphatic hydroxyl groups excluding tert-OH is 3. The third-order valence-electron chi connectivity index (χ3n) is 9.19. The molecule has 278 valence electrons. The Kier molecular flexibility index (Phi) is 10.0. The number of esters is 1. The molecule has 2 fully saturated rings. The number of fused-ring (bicyclic) bond motifs is 1. The van der Waals surface area contributed by atoms with Crippen LogP contribution in [0.1, 0.15) is 33.8 Å². The number of aromatic nitrogens is 4. The summed E-state index contributed by atoms with van der Waals surface area (Å²) in [5.41, 5.74) is 2.72. The third-order valence-corrected chi connectivity index (χ3v) is 9.19. The lowest BCUT2D eigenvalue weighted by Gasteiger charge is -2.34. The van der Waals surface area contributed by atoms with Crippen molar-refractivity contribution in [3.05, 3.63) is 96.2 Å². The van der Waals surface area contributed by atoms with Gasteiger partial charge in [-0.2, -0.15) is 23.1 Å². The Bertz CT molecular complexity index is 2020. The van der Waals surface area contributed by atoms with Gasteiger partial charge in [0.05, 0.1) is 19.2 Å². The molecule has 0 saturated carbocycles. The Morgan fingerprint density at radius 2 is 1.60 bits per heavy atom. The van der Waals surface area contributed by atoms with Gasteiger partial charge >= 0.3 is 12.1 Å². The Morgan fingerprint density at radius 1 is 0.943 bits per heavy atom. The van der Waals surface area contributed by atoms with E-state index in [2.05, 4.69) is 15.0 Å². The maximum atomic E-state index is 13.2. The number of hydrogen-bond donors (Lipinski definition) is 4. The summed E-state index contributed by atoms with van der Waals surface area (Å²) in [5.74, 6) is -3.95. The summed E-state index contributed by atoms with van der Waals surface area (Å²) in [5, 5.41) is 34.4. The number of aliphatic hydroxyl groups is 3. The van der Waals surface area contributed by atoms with Crippen LogP contribution in [0.5, 0.6) is 5.75 Å². The first kappa shape index (κ1) is 35.8. The number of halogens is 3. The van der Waals surface area contributed by atoms with E-state index < -0.39 is 60.7 Å². The predicted octanol–water partition coefficient (Wildman–Crippen LogP) is 2.70. The molecule has 0 unspecified atom stereocenters. The van der Waals surface area contributed by atoms with E-state index in [1.54, 1.807) is 4.90 Å². The van der Waals surface area contributed by atoms with Crippen molar-refractivity contribution in [3.63, 3.8) is 0 Å². The SMILES string of the molecule is O=C(c1occc1OC(=O)C(F)(F)F)N1CCN(c2nc(NCC(c3ccccc3)c3ccccc3)c3ncn([C@@H]4O[C@H](CO)[C@@H](O)[C@H]4O)c3n2)CC1. The second-order valence-electron chi connectivity index (χ2n) is 12.5. The van der Waals surface area contributed by atoms with E-state index in [0.717, 1.165) is 23.5 Å². The third kappa shape index (κ3) is 7.25. The zero-order valence-electron chi connectivity index (χ0n) is 27.8. The van der Waals surface area contributed by atoms with E-state index in [4.69, 9.17) is 19.1 Å². The number of anilines is 2. The highest BCUT2D eigenvalue weighted by Gasteiger charge is 2.45. The van der Waals surface area contributed by atoms with Crippen LogP contribution in [0.3, 0.4) is 0 Å². The second kappa shape index (κ2) is 14.8. The lowest BCUT2D eigenvalue weighted by Crippen LogP contribution is -2.49. The first-order chi connectivity index (χ1) is 25.5. The second-order valence-corrected chi connectivity index (χ2v) is 12.5. The number of nitrogens with one attached hydrogen (secondary N) is 1. The molecule has 5 aromatic rings. The molecule has 2 saturated heterocycles. The quantitative estimate of drug-likeness (QED) is 0.153. The average Bonchev–Trinajstić information content (AvgIpc) is 3.89. The van der Waals surface area contributed by atoms with E-state index in [0.29, 0.717) is 17.9 Å². The highest BCUT2D eigenvalue weighted by Crippen LogP contribution is 2.34.